The highest BCUT2D eigenvalue weighted by Crippen LogP contribution is 1.98. The molecule has 0 heterocycles. The zero-order valence-corrected chi connectivity index (χ0v) is 9.39. The predicted octanol–water partition coefficient (Wildman–Crippen LogP) is 2.12. The van der Waals surface area contributed by atoms with Crippen LogP contribution in [-0.4, -0.2) is 24.7 Å². The molecule has 0 radical (unpaired) electrons. The molecule has 78 valence electrons. The minimum atomic E-state index is 0.286. The smallest absolute Gasteiger partial charge is 0.284 e. The fourth-order valence-corrected chi connectivity index (χ4v) is 1.75. The molecule has 0 N–H and O–H groups in total. The third-order valence-electron chi connectivity index (χ3n) is 2.53. The van der Waals surface area contributed by atoms with Crippen molar-refractivity contribution in [2.45, 2.75) is 6.92 Å². The van der Waals surface area contributed by atoms with Crippen molar-refractivity contribution in [3.63, 3.8) is 0 Å². The summed E-state index contributed by atoms with van der Waals surface area (Å²) in [5.74, 6) is 1.99. The van der Waals surface area contributed by atoms with E-state index < -0.39 is 0 Å². The molecule has 1 aromatic rings. The Hall–Kier alpha value is -1.28. The molecule has 0 atom stereocenters. The van der Waals surface area contributed by atoms with E-state index in [-0.39, 0.29) is 6.85 Å². The molecular formula is C13H18BN. The van der Waals surface area contributed by atoms with Crippen LogP contribution < -0.4 is 5.46 Å². The summed E-state index contributed by atoms with van der Waals surface area (Å²) in [7, 11) is 0. The molecule has 15 heavy (non-hydrogen) atoms. The maximum Gasteiger partial charge on any atom is 0.284 e. The van der Waals surface area contributed by atoms with Gasteiger partial charge in [-0.1, -0.05) is 48.8 Å². The molecule has 0 aliphatic heterocycles. The van der Waals surface area contributed by atoms with Crippen molar-refractivity contribution >= 4 is 12.3 Å². The van der Waals surface area contributed by atoms with Crippen LogP contribution >= 0.6 is 0 Å². The average Bonchev–Trinajstić information content (AvgIpc) is 2.30. The largest absolute Gasteiger partial charge is 0.331 e. The third kappa shape index (κ3) is 3.10. The SMILES string of the molecule is C=CCN(CC)B(C=C)c1ccccc1. The highest BCUT2D eigenvalue weighted by atomic mass is 15.0. The zero-order valence-electron chi connectivity index (χ0n) is 9.39. The lowest BCUT2D eigenvalue weighted by atomic mass is 9.54. The van der Waals surface area contributed by atoms with Crippen LogP contribution in [0.15, 0.2) is 55.5 Å². The van der Waals surface area contributed by atoms with Gasteiger partial charge >= 0.3 is 0 Å². The molecule has 1 aromatic carbocycles. The van der Waals surface area contributed by atoms with Crippen molar-refractivity contribution in [3.8, 4) is 0 Å². The number of nitrogens with zero attached hydrogens (tertiary/aromatic N) is 1. The van der Waals surface area contributed by atoms with Crippen LogP contribution in [0.25, 0.3) is 0 Å². The van der Waals surface area contributed by atoms with E-state index in [1.165, 1.54) is 5.46 Å². The molecule has 0 aromatic heterocycles. The number of benzene rings is 1. The second-order valence-corrected chi connectivity index (χ2v) is 3.47. The minimum absolute atomic E-state index is 0.286. The van der Waals surface area contributed by atoms with Crippen LogP contribution in [0.1, 0.15) is 6.92 Å². The Morgan fingerprint density at radius 1 is 1.27 bits per heavy atom. The van der Waals surface area contributed by atoms with Crippen molar-refractivity contribution in [1.29, 1.82) is 0 Å². The van der Waals surface area contributed by atoms with Crippen molar-refractivity contribution in [1.82, 2.24) is 4.81 Å². The fraction of sp³-hybridized carbons (Fsp3) is 0.231. The van der Waals surface area contributed by atoms with Crippen molar-refractivity contribution in [2.24, 2.45) is 0 Å². The number of hydrogen-bond donors (Lipinski definition) is 0. The van der Waals surface area contributed by atoms with Crippen LogP contribution in [0.5, 0.6) is 0 Å². The van der Waals surface area contributed by atoms with E-state index in [0.717, 1.165) is 13.1 Å². The monoisotopic (exact) mass is 199 g/mol. The van der Waals surface area contributed by atoms with E-state index >= 15 is 0 Å². The molecule has 0 bridgehead atoms. The Morgan fingerprint density at radius 2 is 1.93 bits per heavy atom. The van der Waals surface area contributed by atoms with Gasteiger partial charge in [-0.25, -0.2) is 0 Å². The summed E-state index contributed by atoms with van der Waals surface area (Å²) in [5, 5.41) is 0. The van der Waals surface area contributed by atoms with Gasteiger partial charge in [-0.3, -0.25) is 0 Å². The Labute approximate surface area is 93.2 Å². The van der Waals surface area contributed by atoms with Gasteiger partial charge in [0.15, 0.2) is 0 Å². The standard InChI is InChI=1S/C13H18BN/c1-4-12-15(6-3)14(5-2)13-10-8-7-9-11-13/h4-5,7-11H,1-2,6,12H2,3H3. The Morgan fingerprint density at radius 3 is 2.40 bits per heavy atom. The lowest BCUT2D eigenvalue weighted by Crippen LogP contribution is -2.46. The molecule has 0 aliphatic carbocycles. The van der Waals surface area contributed by atoms with Crippen LogP contribution in [0.2, 0.25) is 0 Å². The van der Waals surface area contributed by atoms with Crippen molar-refractivity contribution < 1.29 is 0 Å². The Bertz CT molecular complexity index is 308. The van der Waals surface area contributed by atoms with Crippen LogP contribution in [0, 0.1) is 0 Å². The molecule has 1 nitrogen and oxygen atoms in total. The number of rotatable bonds is 6. The molecule has 0 saturated carbocycles. The summed E-state index contributed by atoms with van der Waals surface area (Å²) < 4.78 is 0. The molecule has 0 unspecified atom stereocenters. The molecule has 1 rings (SSSR count). The third-order valence-corrected chi connectivity index (χ3v) is 2.53. The van der Waals surface area contributed by atoms with Gasteiger partial charge in [0.1, 0.15) is 0 Å². The second kappa shape index (κ2) is 6.25. The van der Waals surface area contributed by atoms with Gasteiger partial charge in [-0.15, -0.1) is 19.1 Å². The zero-order chi connectivity index (χ0) is 11.1. The Balaban J connectivity index is 2.86. The second-order valence-electron chi connectivity index (χ2n) is 3.47. The van der Waals surface area contributed by atoms with Gasteiger partial charge in [0, 0.05) is 6.54 Å². The lowest BCUT2D eigenvalue weighted by Gasteiger charge is -2.24. The molecule has 0 amide bonds. The minimum Gasteiger partial charge on any atom is -0.331 e. The summed E-state index contributed by atoms with van der Waals surface area (Å²) in [6, 6.07) is 10.4. The summed E-state index contributed by atoms with van der Waals surface area (Å²) in [6.07, 6.45) is 1.93. The van der Waals surface area contributed by atoms with E-state index in [9.17, 15) is 0 Å². The maximum absolute atomic E-state index is 3.91. The topological polar surface area (TPSA) is 3.24 Å². The van der Waals surface area contributed by atoms with Crippen LogP contribution in [0.4, 0.5) is 0 Å². The molecule has 2 heteroatoms. The van der Waals surface area contributed by atoms with Gasteiger partial charge in [0.25, 0.3) is 6.85 Å². The Kier molecular flexibility index (Phi) is 4.92. The van der Waals surface area contributed by atoms with E-state index in [0.29, 0.717) is 0 Å². The number of hydrogen-bond acceptors (Lipinski definition) is 1. The molecule has 0 aliphatic rings. The van der Waals surface area contributed by atoms with E-state index in [1.54, 1.807) is 0 Å². The van der Waals surface area contributed by atoms with Gasteiger partial charge in [-0.2, -0.15) is 0 Å². The fourth-order valence-electron chi connectivity index (χ4n) is 1.75. The van der Waals surface area contributed by atoms with E-state index in [4.69, 9.17) is 0 Å². The summed E-state index contributed by atoms with van der Waals surface area (Å²) in [5.41, 5.74) is 1.29. The van der Waals surface area contributed by atoms with Crippen LogP contribution in [0.3, 0.4) is 0 Å². The molecule has 0 saturated heterocycles. The first-order valence-corrected chi connectivity index (χ1v) is 5.36. The quantitative estimate of drug-likeness (QED) is 0.501. The number of likely N-dealkylation sites (N-methyl/N-ethyl adjacent to an activating group) is 1. The van der Waals surface area contributed by atoms with E-state index in [1.807, 2.05) is 18.1 Å². The van der Waals surface area contributed by atoms with Gasteiger partial charge in [0.2, 0.25) is 0 Å². The first kappa shape index (κ1) is 11.8. The molecular weight excluding hydrogens is 181 g/mol. The average molecular weight is 199 g/mol. The normalized spacial score (nSPS) is 10.0. The van der Waals surface area contributed by atoms with Gasteiger partial charge in [0.05, 0.1) is 0 Å². The first-order valence-electron chi connectivity index (χ1n) is 5.36. The van der Waals surface area contributed by atoms with Gasteiger partial charge in [-0.05, 0) is 6.54 Å². The summed E-state index contributed by atoms with van der Waals surface area (Å²) >= 11 is 0. The highest BCUT2D eigenvalue weighted by molar-refractivity contribution is 6.75. The lowest BCUT2D eigenvalue weighted by molar-refractivity contribution is 0.514. The molecule has 0 fully saturated rings. The first-order chi connectivity index (χ1) is 7.33. The van der Waals surface area contributed by atoms with E-state index in [2.05, 4.69) is 49.2 Å². The highest BCUT2D eigenvalue weighted by Gasteiger charge is 2.18. The van der Waals surface area contributed by atoms with Crippen molar-refractivity contribution in [2.75, 3.05) is 13.1 Å². The summed E-state index contributed by atoms with van der Waals surface area (Å²) in [6.45, 7) is 12.0. The summed E-state index contributed by atoms with van der Waals surface area (Å²) in [4.78, 5) is 2.33. The van der Waals surface area contributed by atoms with Crippen LogP contribution in [-0.2, 0) is 0 Å². The molecule has 0 spiro atoms. The van der Waals surface area contributed by atoms with Gasteiger partial charge < -0.3 is 4.81 Å². The maximum atomic E-state index is 3.91. The van der Waals surface area contributed by atoms with Crippen molar-refractivity contribution in [3.05, 3.63) is 55.5 Å². The predicted molar refractivity (Wildman–Crippen MR) is 69.5 cm³/mol.